The zero-order chi connectivity index (χ0) is 29.1. The van der Waals surface area contributed by atoms with Crippen molar-refractivity contribution in [1.29, 1.82) is 0 Å². The van der Waals surface area contributed by atoms with Crippen LogP contribution < -0.4 is 0 Å². The van der Waals surface area contributed by atoms with Gasteiger partial charge in [0.1, 0.15) is 11.5 Å². The summed E-state index contributed by atoms with van der Waals surface area (Å²) in [5.74, 6) is -0.445. The predicted molar refractivity (Wildman–Crippen MR) is 129 cm³/mol. The molecule has 7 nitrogen and oxygen atoms in total. The fourth-order valence-corrected chi connectivity index (χ4v) is 4.52. The number of aromatic nitrogens is 3. The largest absolute Gasteiger partial charge is 0.416 e. The molecule has 3 aromatic rings. The summed E-state index contributed by atoms with van der Waals surface area (Å²) < 4.78 is 105. The van der Waals surface area contributed by atoms with Gasteiger partial charge in [0.2, 0.25) is 0 Å². The summed E-state index contributed by atoms with van der Waals surface area (Å²) in [7, 11) is 3.79. The molecule has 2 aromatic carbocycles. The smallest absolute Gasteiger partial charge is 0.350 e. The van der Waals surface area contributed by atoms with Crippen molar-refractivity contribution in [2.24, 2.45) is 0 Å². The van der Waals surface area contributed by atoms with Gasteiger partial charge in [-0.1, -0.05) is 17.3 Å². The van der Waals surface area contributed by atoms with E-state index in [1.807, 2.05) is 23.9 Å². The number of alkyl halides is 6. The Morgan fingerprint density at radius 2 is 1.68 bits per heavy atom. The Morgan fingerprint density at radius 3 is 2.27 bits per heavy atom. The lowest BCUT2D eigenvalue weighted by atomic mass is 10.0. The van der Waals surface area contributed by atoms with Crippen LogP contribution in [-0.2, 0) is 41.3 Å². The van der Waals surface area contributed by atoms with Crippen molar-refractivity contribution >= 4 is 0 Å². The van der Waals surface area contributed by atoms with E-state index >= 15 is 0 Å². The van der Waals surface area contributed by atoms with E-state index in [0.717, 1.165) is 5.69 Å². The molecule has 0 aliphatic carbocycles. The van der Waals surface area contributed by atoms with E-state index in [1.54, 1.807) is 12.1 Å². The minimum Gasteiger partial charge on any atom is -0.350 e. The number of aromatic amines is 1. The molecule has 14 heteroatoms. The molecule has 40 heavy (non-hydrogen) atoms. The maximum Gasteiger partial charge on any atom is 0.416 e. The van der Waals surface area contributed by atoms with Crippen molar-refractivity contribution in [3.63, 3.8) is 0 Å². The molecule has 4 rings (SSSR count). The number of rotatable bonds is 9. The summed E-state index contributed by atoms with van der Waals surface area (Å²) in [4.78, 5) is 3.95. The highest BCUT2D eigenvalue weighted by Gasteiger charge is 2.38. The zero-order valence-electron chi connectivity index (χ0n) is 21.7. The topological polar surface area (TPSA) is 66.5 Å². The summed E-state index contributed by atoms with van der Waals surface area (Å²) in [5.41, 5.74) is -0.807. The van der Waals surface area contributed by atoms with E-state index in [1.165, 1.54) is 12.1 Å². The monoisotopic (exact) mass is 575 g/mol. The fraction of sp³-hybridized carbons (Fsp3) is 0.462. The fourth-order valence-electron chi connectivity index (χ4n) is 4.52. The van der Waals surface area contributed by atoms with Gasteiger partial charge in [-0.15, -0.1) is 5.10 Å². The number of H-pyrrole nitrogens is 1. The molecule has 1 aliphatic rings. The van der Waals surface area contributed by atoms with E-state index in [-0.39, 0.29) is 31.3 Å². The lowest BCUT2D eigenvalue weighted by Gasteiger charge is -2.41. The average Bonchev–Trinajstić information content (AvgIpc) is 3.29. The third-order valence-electron chi connectivity index (χ3n) is 6.37. The summed E-state index contributed by atoms with van der Waals surface area (Å²) in [6, 6.07) is 6.61. The quantitative estimate of drug-likeness (QED) is 0.354. The Hall–Kier alpha value is -3.07. The second-order valence-electron chi connectivity index (χ2n) is 9.72. The first-order valence-corrected chi connectivity index (χ1v) is 12.4. The van der Waals surface area contributed by atoms with Crippen LogP contribution in [0.1, 0.15) is 39.7 Å². The van der Waals surface area contributed by atoms with Crippen LogP contribution in [0.2, 0.25) is 0 Å². The van der Waals surface area contributed by atoms with Gasteiger partial charge in [-0.25, -0.2) is 4.39 Å². The van der Waals surface area contributed by atoms with Gasteiger partial charge in [0.05, 0.1) is 36.1 Å². The predicted octanol–water partition coefficient (Wildman–Crippen LogP) is 5.20. The molecule has 1 N–H and O–H groups in total. The highest BCUT2D eigenvalue weighted by Crippen LogP contribution is 2.37. The zero-order valence-corrected chi connectivity index (χ0v) is 21.7. The van der Waals surface area contributed by atoms with Crippen LogP contribution in [0.5, 0.6) is 0 Å². The number of hydrogen-bond donors (Lipinski definition) is 1. The summed E-state index contributed by atoms with van der Waals surface area (Å²) in [6.45, 7) is 1.38. The lowest BCUT2D eigenvalue weighted by molar-refractivity contribution is -0.212. The van der Waals surface area contributed by atoms with Gasteiger partial charge >= 0.3 is 12.4 Å². The van der Waals surface area contributed by atoms with E-state index in [4.69, 9.17) is 9.47 Å². The van der Waals surface area contributed by atoms with E-state index < -0.39 is 41.6 Å². The number of morpholine rings is 1. The molecule has 1 aromatic heterocycles. The third-order valence-corrected chi connectivity index (χ3v) is 6.37. The van der Waals surface area contributed by atoms with Gasteiger partial charge in [0.15, 0.2) is 6.29 Å². The Morgan fingerprint density at radius 1 is 1.02 bits per heavy atom. The normalized spacial score (nSPS) is 18.9. The molecule has 1 saturated heterocycles. The molecular weight excluding hydrogens is 547 g/mol. The standard InChI is InChI=1S/C26H28F7N5O2/c1-37(2)14-21-22(35-36-34-21)15-38-8-10-40-24(23(38)17-3-5-20(27)6-4-17)39-9-7-16-11-18(25(28,29)30)13-19(12-16)26(31,32)33/h3-6,11-13,23-24H,7-10,14-15H2,1-2H3,(H,34,35,36)/t23-,24+/m0/s1. The second-order valence-corrected chi connectivity index (χ2v) is 9.72. The minimum absolute atomic E-state index is 0.0888. The molecule has 1 aliphatic heterocycles. The molecule has 0 bridgehead atoms. The molecule has 1 fully saturated rings. The number of benzene rings is 2. The highest BCUT2D eigenvalue weighted by atomic mass is 19.4. The number of nitrogens with one attached hydrogen (secondary N) is 1. The van der Waals surface area contributed by atoms with Crippen LogP contribution >= 0.6 is 0 Å². The van der Waals surface area contributed by atoms with E-state index in [2.05, 4.69) is 15.4 Å². The van der Waals surface area contributed by atoms with Gasteiger partial charge in [0, 0.05) is 19.6 Å². The van der Waals surface area contributed by atoms with Gasteiger partial charge in [0.25, 0.3) is 0 Å². The van der Waals surface area contributed by atoms with Crippen LogP contribution in [0, 0.1) is 5.82 Å². The number of halogens is 7. The summed E-state index contributed by atoms with van der Waals surface area (Å²) in [6.07, 6.45) is -11.0. The summed E-state index contributed by atoms with van der Waals surface area (Å²) in [5, 5.41) is 11.0. The van der Waals surface area contributed by atoms with E-state index in [0.29, 0.717) is 43.0 Å². The highest BCUT2D eigenvalue weighted by molar-refractivity contribution is 5.33. The Labute approximate surface area is 225 Å². The number of nitrogens with zero attached hydrogens (tertiary/aromatic N) is 4. The number of hydrogen-bond acceptors (Lipinski definition) is 6. The van der Waals surface area contributed by atoms with Crippen molar-refractivity contribution in [2.75, 3.05) is 33.9 Å². The van der Waals surface area contributed by atoms with Crippen molar-refractivity contribution in [3.05, 3.63) is 81.9 Å². The van der Waals surface area contributed by atoms with Crippen molar-refractivity contribution in [2.45, 2.75) is 44.2 Å². The third kappa shape index (κ3) is 7.56. The van der Waals surface area contributed by atoms with Gasteiger partial charge in [-0.2, -0.15) is 26.3 Å². The Kier molecular flexibility index (Phi) is 9.12. The molecule has 2 atom stereocenters. The molecule has 218 valence electrons. The number of ether oxygens (including phenoxy) is 2. The molecule has 0 radical (unpaired) electrons. The van der Waals surface area contributed by atoms with Crippen LogP contribution in [0.3, 0.4) is 0 Å². The maximum absolute atomic E-state index is 13.7. The lowest BCUT2D eigenvalue weighted by Crippen LogP contribution is -2.46. The van der Waals surface area contributed by atoms with Crippen molar-refractivity contribution < 1.29 is 40.2 Å². The van der Waals surface area contributed by atoms with Gasteiger partial charge < -0.3 is 14.4 Å². The molecule has 0 unspecified atom stereocenters. The SMILES string of the molecule is CN(C)Cc1[nH]nnc1CN1CCO[C@@H](OCCc2cc(C(F)(F)F)cc(C(F)(F)F)c2)[C@@H]1c1ccc(F)cc1. The van der Waals surface area contributed by atoms with Crippen LogP contribution in [0.4, 0.5) is 30.7 Å². The second kappa shape index (κ2) is 12.2. The maximum atomic E-state index is 13.7. The van der Waals surface area contributed by atoms with Gasteiger partial charge in [-0.3, -0.25) is 10.00 Å². The van der Waals surface area contributed by atoms with Crippen LogP contribution in [-0.4, -0.2) is 65.4 Å². The van der Waals surface area contributed by atoms with Crippen molar-refractivity contribution in [3.8, 4) is 0 Å². The molecule has 0 amide bonds. The summed E-state index contributed by atoms with van der Waals surface area (Å²) >= 11 is 0. The Bertz CT molecular complexity index is 1230. The van der Waals surface area contributed by atoms with Crippen LogP contribution in [0.15, 0.2) is 42.5 Å². The van der Waals surface area contributed by atoms with Crippen molar-refractivity contribution in [1.82, 2.24) is 25.2 Å². The minimum atomic E-state index is -4.94. The molecular formula is C26H28F7N5O2. The average molecular weight is 576 g/mol. The molecule has 0 spiro atoms. The van der Waals surface area contributed by atoms with Crippen LogP contribution in [0.25, 0.3) is 0 Å². The Balaban J connectivity index is 1.54. The first-order chi connectivity index (χ1) is 18.8. The van der Waals surface area contributed by atoms with E-state index in [9.17, 15) is 30.7 Å². The first kappa shape index (κ1) is 29.9. The molecule has 2 heterocycles. The van der Waals surface area contributed by atoms with Gasteiger partial charge in [-0.05, 0) is 62.0 Å². The molecule has 0 saturated carbocycles. The first-order valence-electron chi connectivity index (χ1n) is 12.4.